The molecule has 0 fully saturated rings. The summed E-state index contributed by atoms with van der Waals surface area (Å²) in [6, 6.07) is 7.99. The maximum atomic E-state index is 11.5. The van der Waals surface area contributed by atoms with Gasteiger partial charge in [-0.25, -0.2) is 4.98 Å². The Bertz CT molecular complexity index is 588. The summed E-state index contributed by atoms with van der Waals surface area (Å²) in [5.74, 6) is 1.12. The first-order valence-electron chi connectivity index (χ1n) is 7.01. The summed E-state index contributed by atoms with van der Waals surface area (Å²) in [6.07, 6.45) is 1.87. The summed E-state index contributed by atoms with van der Waals surface area (Å²) < 4.78 is 5.65. The Morgan fingerprint density at radius 2 is 2.10 bits per heavy atom. The molecule has 1 unspecified atom stereocenters. The molecule has 112 valence electrons. The molecule has 2 N–H and O–H groups in total. The third-order valence-corrected chi connectivity index (χ3v) is 3.05. The summed E-state index contributed by atoms with van der Waals surface area (Å²) in [5.41, 5.74) is 2.16. The van der Waals surface area contributed by atoms with E-state index in [0.717, 1.165) is 5.56 Å². The van der Waals surface area contributed by atoms with Gasteiger partial charge in [0.25, 0.3) is 0 Å². The lowest BCUT2D eigenvalue weighted by molar-refractivity contribution is -0.121. The molecule has 0 spiro atoms. The molecular weight excluding hydrogens is 268 g/mol. The van der Waals surface area contributed by atoms with E-state index in [1.165, 1.54) is 5.56 Å². The summed E-state index contributed by atoms with van der Waals surface area (Å²) in [7, 11) is 0. The third-order valence-electron chi connectivity index (χ3n) is 3.05. The number of oxazole rings is 1. The van der Waals surface area contributed by atoms with Crippen LogP contribution in [0.15, 0.2) is 34.9 Å². The van der Waals surface area contributed by atoms with Crippen LogP contribution in [0, 0.1) is 6.92 Å². The molecule has 5 nitrogen and oxygen atoms in total. The fraction of sp³-hybridized carbons (Fsp3) is 0.375. The van der Waals surface area contributed by atoms with Gasteiger partial charge in [-0.3, -0.25) is 4.79 Å². The maximum absolute atomic E-state index is 11.5. The third kappa shape index (κ3) is 4.72. The van der Waals surface area contributed by atoms with Crippen LogP contribution in [0.25, 0.3) is 11.3 Å². The number of hydrogen-bond acceptors (Lipinski definition) is 4. The van der Waals surface area contributed by atoms with Crippen molar-refractivity contribution in [3.8, 4) is 11.3 Å². The van der Waals surface area contributed by atoms with Crippen molar-refractivity contribution < 1.29 is 14.3 Å². The Hall–Kier alpha value is -2.14. The Morgan fingerprint density at radius 1 is 1.38 bits per heavy atom. The lowest BCUT2D eigenvalue weighted by atomic mass is 10.1. The van der Waals surface area contributed by atoms with E-state index in [-0.39, 0.29) is 12.5 Å². The van der Waals surface area contributed by atoms with Gasteiger partial charge in [-0.2, -0.15) is 0 Å². The van der Waals surface area contributed by atoms with E-state index < -0.39 is 6.10 Å². The number of hydrogen-bond donors (Lipinski definition) is 2. The van der Waals surface area contributed by atoms with Crippen molar-refractivity contribution in [3.05, 3.63) is 41.9 Å². The zero-order valence-corrected chi connectivity index (χ0v) is 12.3. The second kappa shape index (κ2) is 7.04. The number of benzene rings is 1. The van der Waals surface area contributed by atoms with Gasteiger partial charge in [-0.05, 0) is 13.8 Å². The zero-order chi connectivity index (χ0) is 15.2. The van der Waals surface area contributed by atoms with Crippen LogP contribution < -0.4 is 5.32 Å². The second-order valence-corrected chi connectivity index (χ2v) is 5.14. The summed E-state index contributed by atoms with van der Waals surface area (Å²) in [5, 5.41) is 11.7. The highest BCUT2D eigenvalue weighted by Gasteiger charge is 2.09. The van der Waals surface area contributed by atoms with Gasteiger partial charge in [0.05, 0.1) is 12.3 Å². The quantitative estimate of drug-likeness (QED) is 0.853. The largest absolute Gasteiger partial charge is 0.441 e. The molecule has 1 atom stereocenters. The van der Waals surface area contributed by atoms with Gasteiger partial charge in [0.1, 0.15) is 0 Å². The molecular formula is C16H20N2O3. The van der Waals surface area contributed by atoms with E-state index in [0.29, 0.717) is 24.5 Å². The van der Waals surface area contributed by atoms with Crippen molar-refractivity contribution in [1.29, 1.82) is 0 Å². The summed E-state index contributed by atoms with van der Waals surface area (Å²) in [4.78, 5) is 15.7. The molecule has 5 heteroatoms. The molecule has 21 heavy (non-hydrogen) atoms. The molecule has 0 radical (unpaired) electrons. The minimum atomic E-state index is -0.538. The highest BCUT2D eigenvalue weighted by molar-refractivity contribution is 5.76. The summed E-state index contributed by atoms with van der Waals surface area (Å²) in [6.45, 7) is 3.92. The molecule has 1 aromatic carbocycles. The van der Waals surface area contributed by atoms with E-state index >= 15 is 0 Å². The van der Waals surface area contributed by atoms with Crippen LogP contribution in [-0.2, 0) is 11.2 Å². The molecule has 0 saturated heterocycles. The van der Waals surface area contributed by atoms with E-state index in [1.807, 2.05) is 31.2 Å². The van der Waals surface area contributed by atoms with Crippen molar-refractivity contribution >= 4 is 5.91 Å². The fourth-order valence-corrected chi connectivity index (χ4v) is 1.85. The van der Waals surface area contributed by atoms with Crippen molar-refractivity contribution in [2.45, 2.75) is 32.8 Å². The average molecular weight is 288 g/mol. The standard InChI is InChI=1S/C16H20N2O3/c1-11-3-5-13(6-4-11)14-10-18-16(21-14)8-7-15(20)17-9-12(2)19/h3-6,10,12,19H,7-9H2,1-2H3,(H,17,20). The van der Waals surface area contributed by atoms with Gasteiger partial charge in [0, 0.05) is 24.9 Å². The first kappa shape index (κ1) is 15.3. The minimum absolute atomic E-state index is 0.119. The van der Waals surface area contributed by atoms with E-state index in [1.54, 1.807) is 13.1 Å². The number of aromatic nitrogens is 1. The molecule has 2 rings (SSSR count). The van der Waals surface area contributed by atoms with E-state index in [4.69, 9.17) is 9.52 Å². The number of aliphatic hydroxyl groups excluding tert-OH is 1. The SMILES string of the molecule is Cc1ccc(-c2cnc(CCC(=O)NCC(C)O)o2)cc1. The lowest BCUT2D eigenvalue weighted by Crippen LogP contribution is -2.30. The lowest BCUT2D eigenvalue weighted by Gasteiger charge is -2.05. The first-order valence-corrected chi connectivity index (χ1v) is 7.01. The van der Waals surface area contributed by atoms with Crippen molar-refractivity contribution in [2.75, 3.05) is 6.54 Å². The Morgan fingerprint density at radius 3 is 2.76 bits per heavy atom. The first-order chi connectivity index (χ1) is 10.0. The molecule has 0 aliphatic heterocycles. The van der Waals surface area contributed by atoms with Crippen LogP contribution in [-0.4, -0.2) is 28.6 Å². The predicted octanol–water partition coefficient (Wildman–Crippen LogP) is 2.08. The normalized spacial score (nSPS) is 12.1. The number of aryl methyl sites for hydroxylation is 2. The Labute approximate surface area is 124 Å². The van der Waals surface area contributed by atoms with Crippen LogP contribution in [0.2, 0.25) is 0 Å². The van der Waals surface area contributed by atoms with Crippen LogP contribution in [0.4, 0.5) is 0 Å². The molecule has 1 amide bonds. The van der Waals surface area contributed by atoms with Crippen molar-refractivity contribution in [2.24, 2.45) is 0 Å². The smallest absolute Gasteiger partial charge is 0.220 e. The number of amides is 1. The molecule has 0 aliphatic carbocycles. The van der Waals surface area contributed by atoms with Gasteiger partial charge in [-0.15, -0.1) is 0 Å². The van der Waals surface area contributed by atoms with Gasteiger partial charge >= 0.3 is 0 Å². The van der Waals surface area contributed by atoms with Crippen LogP contribution in [0.5, 0.6) is 0 Å². The fourth-order valence-electron chi connectivity index (χ4n) is 1.85. The molecule has 1 aromatic heterocycles. The molecule has 2 aromatic rings. The number of carbonyl (C=O) groups is 1. The minimum Gasteiger partial charge on any atom is -0.441 e. The highest BCUT2D eigenvalue weighted by Crippen LogP contribution is 2.21. The number of aliphatic hydroxyl groups is 1. The highest BCUT2D eigenvalue weighted by atomic mass is 16.4. The number of nitrogens with zero attached hydrogens (tertiary/aromatic N) is 1. The second-order valence-electron chi connectivity index (χ2n) is 5.14. The zero-order valence-electron chi connectivity index (χ0n) is 12.3. The van der Waals surface area contributed by atoms with Gasteiger partial charge in [0.2, 0.25) is 5.91 Å². The van der Waals surface area contributed by atoms with Crippen molar-refractivity contribution in [1.82, 2.24) is 10.3 Å². The predicted molar refractivity (Wildman–Crippen MR) is 79.7 cm³/mol. The molecule has 0 aliphatic rings. The molecule has 1 heterocycles. The number of carbonyl (C=O) groups excluding carboxylic acids is 1. The van der Waals surface area contributed by atoms with Gasteiger partial charge in [0.15, 0.2) is 11.7 Å². The van der Waals surface area contributed by atoms with Crippen LogP contribution in [0.3, 0.4) is 0 Å². The Kier molecular flexibility index (Phi) is 5.11. The monoisotopic (exact) mass is 288 g/mol. The van der Waals surface area contributed by atoms with Gasteiger partial charge in [-0.1, -0.05) is 29.8 Å². The van der Waals surface area contributed by atoms with Gasteiger partial charge < -0.3 is 14.8 Å². The number of rotatable bonds is 6. The maximum Gasteiger partial charge on any atom is 0.220 e. The van der Waals surface area contributed by atoms with E-state index in [9.17, 15) is 4.79 Å². The van der Waals surface area contributed by atoms with Crippen molar-refractivity contribution in [3.63, 3.8) is 0 Å². The number of nitrogens with one attached hydrogen (secondary N) is 1. The van der Waals surface area contributed by atoms with Crippen LogP contribution >= 0.6 is 0 Å². The Balaban J connectivity index is 1.88. The summed E-state index contributed by atoms with van der Waals surface area (Å²) >= 11 is 0. The molecule has 0 saturated carbocycles. The average Bonchev–Trinajstić information content (AvgIpc) is 2.92. The topological polar surface area (TPSA) is 75.4 Å². The van der Waals surface area contributed by atoms with Crippen LogP contribution in [0.1, 0.15) is 24.8 Å². The molecule has 0 bridgehead atoms. The van der Waals surface area contributed by atoms with E-state index in [2.05, 4.69) is 10.3 Å².